The molecular weight excluding hydrogens is 160 g/mol. The topological polar surface area (TPSA) is 27.1 Å². The van der Waals surface area contributed by atoms with Crippen LogP contribution in [0.15, 0.2) is 0 Å². The second kappa shape index (κ2) is 4.64. The van der Waals surface area contributed by atoms with E-state index in [-0.39, 0.29) is 0 Å². The zero-order valence-electron chi connectivity index (χ0n) is 9.14. The zero-order chi connectivity index (χ0) is 9.84. The fraction of sp³-hybridized carbons (Fsp3) is 0.909. The average Bonchev–Trinajstić information content (AvgIpc) is 2.52. The molecule has 2 heteroatoms. The Morgan fingerprint density at radius 2 is 2.23 bits per heavy atom. The number of hydrogen-bond acceptors (Lipinski definition) is 1. The van der Waals surface area contributed by atoms with Crippen molar-refractivity contribution >= 4 is 5.84 Å². The molecule has 0 saturated carbocycles. The SMILES string of the molecule is CCCC(=N)N1CCCC1C(C)C. The second-order valence-corrected chi connectivity index (χ2v) is 4.34. The third-order valence-corrected chi connectivity index (χ3v) is 2.90. The Bertz CT molecular complexity index is 175. The fourth-order valence-electron chi connectivity index (χ4n) is 2.20. The molecule has 1 rings (SSSR count). The summed E-state index contributed by atoms with van der Waals surface area (Å²) in [6, 6.07) is 0.638. The van der Waals surface area contributed by atoms with Crippen LogP contribution < -0.4 is 0 Å². The van der Waals surface area contributed by atoms with Crippen LogP contribution in [0.1, 0.15) is 46.5 Å². The minimum absolute atomic E-state index is 0.638. The molecule has 1 saturated heterocycles. The molecule has 0 bridgehead atoms. The van der Waals surface area contributed by atoms with Crippen molar-refractivity contribution in [2.24, 2.45) is 5.92 Å². The molecule has 0 aromatic heterocycles. The zero-order valence-corrected chi connectivity index (χ0v) is 9.14. The first kappa shape index (κ1) is 10.6. The van der Waals surface area contributed by atoms with Crippen LogP contribution in [0.2, 0.25) is 0 Å². The van der Waals surface area contributed by atoms with Gasteiger partial charge in [0.2, 0.25) is 0 Å². The highest BCUT2D eigenvalue weighted by Gasteiger charge is 2.28. The summed E-state index contributed by atoms with van der Waals surface area (Å²) in [6.45, 7) is 7.79. The Kier molecular flexibility index (Phi) is 3.76. The van der Waals surface area contributed by atoms with Crippen molar-refractivity contribution in [2.45, 2.75) is 52.5 Å². The molecule has 76 valence electrons. The van der Waals surface area contributed by atoms with E-state index in [0.29, 0.717) is 12.0 Å². The van der Waals surface area contributed by atoms with Gasteiger partial charge >= 0.3 is 0 Å². The molecule has 1 aliphatic heterocycles. The lowest BCUT2D eigenvalue weighted by Gasteiger charge is -2.29. The number of rotatable bonds is 3. The van der Waals surface area contributed by atoms with Crippen molar-refractivity contribution in [3.05, 3.63) is 0 Å². The van der Waals surface area contributed by atoms with Crippen LogP contribution >= 0.6 is 0 Å². The van der Waals surface area contributed by atoms with Gasteiger partial charge in [-0.05, 0) is 25.2 Å². The van der Waals surface area contributed by atoms with E-state index in [9.17, 15) is 0 Å². The molecule has 2 nitrogen and oxygen atoms in total. The maximum absolute atomic E-state index is 7.94. The lowest BCUT2D eigenvalue weighted by atomic mass is 10.0. The number of amidine groups is 1. The first-order valence-corrected chi connectivity index (χ1v) is 5.50. The van der Waals surface area contributed by atoms with Crippen molar-refractivity contribution in [3.63, 3.8) is 0 Å². The van der Waals surface area contributed by atoms with Crippen LogP contribution in [-0.4, -0.2) is 23.3 Å². The molecule has 0 aromatic rings. The van der Waals surface area contributed by atoms with Crippen molar-refractivity contribution in [1.29, 1.82) is 5.41 Å². The monoisotopic (exact) mass is 182 g/mol. The van der Waals surface area contributed by atoms with E-state index >= 15 is 0 Å². The molecule has 0 radical (unpaired) electrons. The van der Waals surface area contributed by atoms with Crippen LogP contribution in [0.3, 0.4) is 0 Å². The first-order chi connectivity index (χ1) is 6.16. The minimum atomic E-state index is 0.638. The molecule has 1 fully saturated rings. The van der Waals surface area contributed by atoms with Gasteiger partial charge in [-0.2, -0.15) is 0 Å². The normalized spacial score (nSPS) is 22.8. The van der Waals surface area contributed by atoms with E-state index in [1.807, 2.05) is 0 Å². The summed E-state index contributed by atoms with van der Waals surface area (Å²) in [7, 11) is 0. The van der Waals surface area contributed by atoms with Gasteiger partial charge in [0.05, 0.1) is 5.84 Å². The Labute approximate surface area is 81.8 Å². The van der Waals surface area contributed by atoms with Gasteiger partial charge in [-0.3, -0.25) is 5.41 Å². The Hall–Kier alpha value is -0.530. The highest BCUT2D eigenvalue weighted by atomic mass is 15.2. The number of likely N-dealkylation sites (tertiary alicyclic amines) is 1. The van der Waals surface area contributed by atoms with Gasteiger partial charge in [0, 0.05) is 19.0 Å². The molecule has 0 aliphatic carbocycles. The molecule has 1 unspecified atom stereocenters. The lowest BCUT2D eigenvalue weighted by molar-refractivity contribution is 0.302. The fourth-order valence-corrected chi connectivity index (χ4v) is 2.20. The van der Waals surface area contributed by atoms with Gasteiger partial charge in [0.1, 0.15) is 0 Å². The largest absolute Gasteiger partial charge is 0.357 e. The predicted molar refractivity (Wildman–Crippen MR) is 57.2 cm³/mol. The van der Waals surface area contributed by atoms with E-state index in [4.69, 9.17) is 5.41 Å². The van der Waals surface area contributed by atoms with Gasteiger partial charge in [0.25, 0.3) is 0 Å². The van der Waals surface area contributed by atoms with Crippen molar-refractivity contribution in [3.8, 4) is 0 Å². The van der Waals surface area contributed by atoms with E-state index in [1.165, 1.54) is 12.8 Å². The molecular formula is C11H22N2. The summed E-state index contributed by atoms with van der Waals surface area (Å²) < 4.78 is 0. The summed E-state index contributed by atoms with van der Waals surface area (Å²) in [4.78, 5) is 2.31. The second-order valence-electron chi connectivity index (χ2n) is 4.34. The Morgan fingerprint density at radius 1 is 1.54 bits per heavy atom. The average molecular weight is 182 g/mol. The Balaban J connectivity index is 2.52. The van der Waals surface area contributed by atoms with Gasteiger partial charge < -0.3 is 4.90 Å². The summed E-state index contributed by atoms with van der Waals surface area (Å²) in [6.07, 6.45) is 4.60. The van der Waals surface area contributed by atoms with Gasteiger partial charge in [-0.1, -0.05) is 20.8 Å². The lowest BCUT2D eigenvalue weighted by Crippen LogP contribution is -2.37. The highest BCUT2D eigenvalue weighted by Crippen LogP contribution is 2.24. The van der Waals surface area contributed by atoms with Crippen LogP contribution in [-0.2, 0) is 0 Å². The maximum Gasteiger partial charge on any atom is 0.0960 e. The van der Waals surface area contributed by atoms with Crippen LogP contribution in [0, 0.1) is 11.3 Å². The van der Waals surface area contributed by atoms with Crippen molar-refractivity contribution < 1.29 is 0 Å². The molecule has 0 spiro atoms. The van der Waals surface area contributed by atoms with Crippen LogP contribution in [0.25, 0.3) is 0 Å². The number of nitrogens with zero attached hydrogens (tertiary/aromatic N) is 1. The van der Waals surface area contributed by atoms with Crippen molar-refractivity contribution in [2.75, 3.05) is 6.54 Å². The summed E-state index contributed by atoms with van der Waals surface area (Å²) >= 11 is 0. The van der Waals surface area contributed by atoms with E-state index < -0.39 is 0 Å². The standard InChI is InChI=1S/C11H22N2/c1-4-6-11(12)13-8-5-7-10(13)9(2)3/h9-10,12H,4-8H2,1-3H3. The predicted octanol–water partition coefficient (Wildman–Crippen LogP) is 2.88. The minimum Gasteiger partial charge on any atom is -0.357 e. The van der Waals surface area contributed by atoms with E-state index in [1.54, 1.807) is 0 Å². The molecule has 1 heterocycles. The van der Waals surface area contributed by atoms with Crippen LogP contribution in [0.4, 0.5) is 0 Å². The first-order valence-electron chi connectivity index (χ1n) is 5.50. The third kappa shape index (κ3) is 2.45. The van der Waals surface area contributed by atoms with Crippen molar-refractivity contribution in [1.82, 2.24) is 4.90 Å². The number of nitrogens with one attached hydrogen (secondary N) is 1. The molecule has 1 aliphatic rings. The molecule has 0 amide bonds. The highest BCUT2D eigenvalue weighted by molar-refractivity contribution is 5.79. The van der Waals surface area contributed by atoms with E-state index in [0.717, 1.165) is 25.2 Å². The third-order valence-electron chi connectivity index (χ3n) is 2.90. The van der Waals surface area contributed by atoms with Gasteiger partial charge in [-0.15, -0.1) is 0 Å². The maximum atomic E-state index is 7.94. The van der Waals surface area contributed by atoms with Gasteiger partial charge in [-0.25, -0.2) is 0 Å². The van der Waals surface area contributed by atoms with E-state index in [2.05, 4.69) is 25.7 Å². The summed E-state index contributed by atoms with van der Waals surface area (Å²) in [5.41, 5.74) is 0. The quantitative estimate of drug-likeness (QED) is 0.527. The summed E-state index contributed by atoms with van der Waals surface area (Å²) in [5, 5.41) is 7.94. The molecule has 1 atom stereocenters. The Morgan fingerprint density at radius 3 is 2.77 bits per heavy atom. The van der Waals surface area contributed by atoms with Gasteiger partial charge in [0.15, 0.2) is 0 Å². The number of hydrogen-bond donors (Lipinski definition) is 1. The van der Waals surface area contributed by atoms with Crippen LogP contribution in [0.5, 0.6) is 0 Å². The smallest absolute Gasteiger partial charge is 0.0960 e. The summed E-state index contributed by atoms with van der Waals surface area (Å²) in [5.74, 6) is 1.55. The molecule has 13 heavy (non-hydrogen) atoms. The molecule has 1 N–H and O–H groups in total. The molecule has 0 aromatic carbocycles.